The average molecular weight is 244 g/mol. The Morgan fingerprint density at radius 3 is 2.59 bits per heavy atom. The molecular formula is C12H24N2O3. The van der Waals surface area contributed by atoms with Crippen LogP contribution in [-0.2, 0) is 4.74 Å². The highest BCUT2D eigenvalue weighted by molar-refractivity contribution is 5.67. The van der Waals surface area contributed by atoms with Gasteiger partial charge in [-0.1, -0.05) is 0 Å². The van der Waals surface area contributed by atoms with Gasteiger partial charge in [0, 0.05) is 6.54 Å². The molecule has 1 heterocycles. The molecule has 1 aliphatic heterocycles. The molecule has 1 unspecified atom stereocenters. The molecule has 1 amide bonds. The molecule has 0 spiro atoms. The van der Waals surface area contributed by atoms with Crippen LogP contribution < -0.4 is 10.6 Å². The molecule has 5 nitrogen and oxygen atoms in total. The SMILES string of the molecule is CC(C)(C)OC(=O)NCC(O)C1CCNCC1. The average Bonchev–Trinajstić information content (AvgIpc) is 2.25. The number of hydrogen-bond donors (Lipinski definition) is 3. The highest BCUT2D eigenvalue weighted by Gasteiger charge is 2.23. The second-order valence-electron chi connectivity index (χ2n) is 5.54. The second kappa shape index (κ2) is 6.21. The highest BCUT2D eigenvalue weighted by atomic mass is 16.6. The number of nitrogens with one attached hydrogen (secondary N) is 2. The first-order chi connectivity index (χ1) is 7.88. The van der Waals surface area contributed by atoms with Gasteiger partial charge < -0.3 is 20.5 Å². The summed E-state index contributed by atoms with van der Waals surface area (Å²) in [5.41, 5.74) is -0.496. The van der Waals surface area contributed by atoms with Gasteiger partial charge in [0.2, 0.25) is 0 Å². The number of ether oxygens (including phenoxy) is 1. The van der Waals surface area contributed by atoms with Crippen molar-refractivity contribution >= 4 is 6.09 Å². The van der Waals surface area contributed by atoms with Gasteiger partial charge in [-0.05, 0) is 52.6 Å². The van der Waals surface area contributed by atoms with Crippen molar-refractivity contribution in [2.24, 2.45) is 5.92 Å². The highest BCUT2D eigenvalue weighted by Crippen LogP contribution is 2.15. The Balaban J connectivity index is 2.22. The van der Waals surface area contributed by atoms with Crippen molar-refractivity contribution in [3.63, 3.8) is 0 Å². The first kappa shape index (κ1) is 14.3. The lowest BCUT2D eigenvalue weighted by atomic mass is 9.92. The molecule has 0 aliphatic carbocycles. The standard InChI is InChI=1S/C12H24N2O3/c1-12(2,3)17-11(16)14-8-10(15)9-4-6-13-7-5-9/h9-10,13,15H,4-8H2,1-3H3,(H,14,16). The third-order valence-electron chi connectivity index (χ3n) is 2.78. The predicted octanol–water partition coefficient (Wildman–Crippen LogP) is 0.872. The van der Waals surface area contributed by atoms with Crippen molar-refractivity contribution < 1.29 is 14.6 Å². The number of hydrogen-bond acceptors (Lipinski definition) is 4. The smallest absolute Gasteiger partial charge is 0.407 e. The van der Waals surface area contributed by atoms with Crippen molar-refractivity contribution in [2.75, 3.05) is 19.6 Å². The van der Waals surface area contributed by atoms with Crippen LogP contribution in [0.1, 0.15) is 33.6 Å². The molecule has 1 atom stereocenters. The van der Waals surface area contributed by atoms with Gasteiger partial charge >= 0.3 is 6.09 Å². The first-order valence-corrected chi connectivity index (χ1v) is 6.24. The molecule has 17 heavy (non-hydrogen) atoms. The Bertz CT molecular complexity index is 245. The molecule has 0 aromatic heterocycles. The van der Waals surface area contributed by atoms with Crippen LogP contribution in [-0.4, -0.2) is 42.5 Å². The van der Waals surface area contributed by atoms with E-state index in [2.05, 4.69) is 10.6 Å². The number of aliphatic hydroxyl groups is 1. The molecular weight excluding hydrogens is 220 g/mol. The summed E-state index contributed by atoms with van der Waals surface area (Å²) in [7, 11) is 0. The fourth-order valence-corrected chi connectivity index (χ4v) is 1.90. The quantitative estimate of drug-likeness (QED) is 0.689. The lowest BCUT2D eigenvalue weighted by Gasteiger charge is -2.27. The summed E-state index contributed by atoms with van der Waals surface area (Å²) >= 11 is 0. The number of carbonyl (C=O) groups excluding carboxylic acids is 1. The van der Waals surface area contributed by atoms with E-state index in [1.165, 1.54) is 0 Å². The van der Waals surface area contributed by atoms with Crippen LogP contribution in [0.5, 0.6) is 0 Å². The van der Waals surface area contributed by atoms with Crippen molar-refractivity contribution in [1.29, 1.82) is 0 Å². The maximum absolute atomic E-state index is 11.4. The lowest BCUT2D eigenvalue weighted by molar-refractivity contribution is 0.0432. The minimum atomic E-state index is -0.496. The van der Waals surface area contributed by atoms with E-state index in [4.69, 9.17) is 4.74 Å². The van der Waals surface area contributed by atoms with Gasteiger partial charge in [-0.25, -0.2) is 4.79 Å². The Morgan fingerprint density at radius 1 is 1.47 bits per heavy atom. The van der Waals surface area contributed by atoms with Gasteiger partial charge in [0.1, 0.15) is 5.60 Å². The normalized spacial score (nSPS) is 19.8. The first-order valence-electron chi connectivity index (χ1n) is 6.24. The number of alkyl carbamates (subject to hydrolysis) is 1. The van der Waals surface area contributed by atoms with Crippen LogP contribution in [0.4, 0.5) is 4.79 Å². The van der Waals surface area contributed by atoms with Crippen LogP contribution in [0.15, 0.2) is 0 Å². The zero-order valence-electron chi connectivity index (χ0n) is 11.0. The van der Waals surface area contributed by atoms with Gasteiger partial charge in [0.05, 0.1) is 6.10 Å². The van der Waals surface area contributed by atoms with E-state index in [1.807, 2.05) is 20.8 Å². The summed E-state index contributed by atoms with van der Waals surface area (Å²) < 4.78 is 5.10. The molecule has 1 rings (SSSR count). The van der Waals surface area contributed by atoms with Crippen LogP contribution >= 0.6 is 0 Å². The summed E-state index contributed by atoms with van der Waals surface area (Å²) in [5, 5.41) is 15.8. The fourth-order valence-electron chi connectivity index (χ4n) is 1.90. The molecule has 0 aromatic carbocycles. The van der Waals surface area contributed by atoms with Crippen molar-refractivity contribution in [3.05, 3.63) is 0 Å². The minimum Gasteiger partial charge on any atom is -0.444 e. The van der Waals surface area contributed by atoms with Crippen molar-refractivity contribution in [2.45, 2.75) is 45.3 Å². The van der Waals surface area contributed by atoms with E-state index >= 15 is 0 Å². The number of piperidine rings is 1. The van der Waals surface area contributed by atoms with E-state index in [0.29, 0.717) is 0 Å². The third-order valence-corrected chi connectivity index (χ3v) is 2.78. The third kappa shape index (κ3) is 5.89. The van der Waals surface area contributed by atoms with Gasteiger partial charge in [-0.15, -0.1) is 0 Å². The summed E-state index contributed by atoms with van der Waals surface area (Å²) in [6.45, 7) is 7.59. The van der Waals surface area contributed by atoms with Crippen molar-refractivity contribution in [1.82, 2.24) is 10.6 Å². The molecule has 0 saturated carbocycles. The molecule has 3 N–H and O–H groups in total. The van der Waals surface area contributed by atoms with Crippen LogP contribution in [0, 0.1) is 5.92 Å². The number of aliphatic hydroxyl groups excluding tert-OH is 1. The minimum absolute atomic E-state index is 0.263. The summed E-state index contributed by atoms with van der Waals surface area (Å²) in [4.78, 5) is 11.4. The number of carbonyl (C=O) groups is 1. The molecule has 100 valence electrons. The molecule has 1 saturated heterocycles. The van der Waals surface area contributed by atoms with E-state index in [0.717, 1.165) is 25.9 Å². The Hall–Kier alpha value is -0.810. The summed E-state index contributed by atoms with van der Waals surface area (Å²) in [5.74, 6) is 0.270. The lowest BCUT2D eigenvalue weighted by Crippen LogP contribution is -2.42. The van der Waals surface area contributed by atoms with E-state index in [1.54, 1.807) is 0 Å². The van der Waals surface area contributed by atoms with Gasteiger partial charge in [-0.2, -0.15) is 0 Å². The maximum atomic E-state index is 11.4. The Labute approximate surface area is 103 Å². The van der Waals surface area contributed by atoms with Gasteiger partial charge in [0.15, 0.2) is 0 Å². The van der Waals surface area contributed by atoms with E-state index in [-0.39, 0.29) is 12.5 Å². The molecule has 0 bridgehead atoms. The van der Waals surface area contributed by atoms with Crippen LogP contribution in [0.3, 0.4) is 0 Å². The monoisotopic (exact) mass is 244 g/mol. The summed E-state index contributed by atoms with van der Waals surface area (Å²) in [6, 6.07) is 0. The molecule has 1 fully saturated rings. The number of rotatable bonds is 3. The van der Waals surface area contributed by atoms with Crippen molar-refractivity contribution in [3.8, 4) is 0 Å². The zero-order valence-corrected chi connectivity index (χ0v) is 11.0. The number of amides is 1. The Kier molecular flexibility index (Phi) is 5.21. The predicted molar refractivity (Wildman–Crippen MR) is 65.8 cm³/mol. The molecule has 1 aliphatic rings. The molecule has 0 radical (unpaired) electrons. The fraction of sp³-hybridized carbons (Fsp3) is 0.917. The second-order valence-corrected chi connectivity index (χ2v) is 5.54. The van der Waals surface area contributed by atoms with Gasteiger partial charge in [0.25, 0.3) is 0 Å². The molecule has 0 aromatic rings. The molecule has 5 heteroatoms. The zero-order chi connectivity index (χ0) is 12.9. The van der Waals surface area contributed by atoms with Crippen LogP contribution in [0.25, 0.3) is 0 Å². The Morgan fingerprint density at radius 2 is 2.06 bits per heavy atom. The summed E-state index contributed by atoms with van der Waals surface area (Å²) in [6.07, 6.45) is 0.962. The van der Waals surface area contributed by atoms with E-state index < -0.39 is 17.8 Å². The topological polar surface area (TPSA) is 70.6 Å². The maximum Gasteiger partial charge on any atom is 0.407 e. The van der Waals surface area contributed by atoms with Gasteiger partial charge in [-0.3, -0.25) is 0 Å². The largest absolute Gasteiger partial charge is 0.444 e. The van der Waals surface area contributed by atoms with Crippen LogP contribution in [0.2, 0.25) is 0 Å². The van der Waals surface area contributed by atoms with E-state index in [9.17, 15) is 9.90 Å².